The van der Waals surface area contributed by atoms with Crippen molar-refractivity contribution in [2.24, 2.45) is 0 Å². The summed E-state index contributed by atoms with van der Waals surface area (Å²) in [5.41, 5.74) is 0.894. The minimum atomic E-state index is 0.115. The zero-order valence-corrected chi connectivity index (χ0v) is 12.7. The molecule has 0 radical (unpaired) electrons. The number of aromatic hydroxyl groups is 1. The van der Waals surface area contributed by atoms with Crippen molar-refractivity contribution in [3.63, 3.8) is 0 Å². The molecule has 0 aliphatic carbocycles. The van der Waals surface area contributed by atoms with Crippen molar-refractivity contribution in [1.29, 1.82) is 0 Å². The van der Waals surface area contributed by atoms with Gasteiger partial charge in [0, 0.05) is 24.2 Å². The molecule has 4 nitrogen and oxygen atoms in total. The number of methoxy groups -OCH3 is 1. The average Bonchev–Trinajstić information content (AvgIpc) is 2.92. The highest BCUT2D eigenvalue weighted by molar-refractivity contribution is 5.41. The first-order valence-corrected chi connectivity index (χ1v) is 7.50. The predicted molar refractivity (Wildman–Crippen MR) is 81.3 cm³/mol. The number of ether oxygens (including phenoxy) is 1. The van der Waals surface area contributed by atoms with E-state index in [0.717, 1.165) is 24.4 Å². The van der Waals surface area contributed by atoms with Gasteiger partial charge in [0.1, 0.15) is 11.5 Å². The van der Waals surface area contributed by atoms with Crippen molar-refractivity contribution in [2.45, 2.75) is 38.8 Å². The SMILES string of the molecule is CCN1CCCC1CNC(C)c1cc(OC)ccc1O. The lowest BCUT2D eigenvalue weighted by Crippen LogP contribution is -2.38. The molecule has 0 bridgehead atoms. The minimum absolute atomic E-state index is 0.115. The maximum Gasteiger partial charge on any atom is 0.120 e. The molecule has 112 valence electrons. The normalized spacial score (nSPS) is 21.1. The zero-order valence-electron chi connectivity index (χ0n) is 12.7. The van der Waals surface area contributed by atoms with E-state index in [1.165, 1.54) is 19.4 Å². The summed E-state index contributed by atoms with van der Waals surface area (Å²) in [4.78, 5) is 2.52. The van der Waals surface area contributed by atoms with Gasteiger partial charge in [-0.1, -0.05) is 6.92 Å². The Kier molecular flexibility index (Phi) is 5.26. The topological polar surface area (TPSA) is 44.7 Å². The van der Waals surface area contributed by atoms with Gasteiger partial charge in [0.2, 0.25) is 0 Å². The van der Waals surface area contributed by atoms with Crippen LogP contribution in [0, 0.1) is 0 Å². The largest absolute Gasteiger partial charge is 0.508 e. The number of phenols is 1. The van der Waals surface area contributed by atoms with Crippen LogP contribution in [0.15, 0.2) is 18.2 Å². The number of likely N-dealkylation sites (N-methyl/N-ethyl adjacent to an activating group) is 1. The van der Waals surface area contributed by atoms with E-state index in [2.05, 4.69) is 24.1 Å². The number of nitrogens with one attached hydrogen (secondary N) is 1. The fraction of sp³-hybridized carbons (Fsp3) is 0.625. The van der Waals surface area contributed by atoms with Crippen LogP contribution in [0.4, 0.5) is 0 Å². The molecule has 1 aliphatic rings. The van der Waals surface area contributed by atoms with Crippen LogP contribution in [-0.4, -0.2) is 42.8 Å². The lowest BCUT2D eigenvalue weighted by Gasteiger charge is -2.25. The monoisotopic (exact) mass is 278 g/mol. The zero-order chi connectivity index (χ0) is 14.5. The number of rotatable bonds is 6. The first-order valence-electron chi connectivity index (χ1n) is 7.50. The van der Waals surface area contributed by atoms with E-state index in [-0.39, 0.29) is 6.04 Å². The number of hydrogen-bond acceptors (Lipinski definition) is 4. The Labute approximate surface area is 121 Å². The molecule has 1 aliphatic heterocycles. The van der Waals surface area contributed by atoms with E-state index in [1.807, 2.05) is 6.07 Å². The third-order valence-corrected chi connectivity index (χ3v) is 4.27. The molecule has 20 heavy (non-hydrogen) atoms. The summed E-state index contributed by atoms with van der Waals surface area (Å²) in [6.07, 6.45) is 2.55. The Balaban J connectivity index is 1.96. The molecule has 1 aromatic rings. The van der Waals surface area contributed by atoms with Gasteiger partial charge in [-0.15, -0.1) is 0 Å². The molecule has 4 heteroatoms. The van der Waals surface area contributed by atoms with Gasteiger partial charge < -0.3 is 15.2 Å². The van der Waals surface area contributed by atoms with Crippen LogP contribution in [0.25, 0.3) is 0 Å². The Morgan fingerprint density at radius 2 is 2.30 bits per heavy atom. The van der Waals surface area contributed by atoms with E-state index in [0.29, 0.717) is 11.8 Å². The highest BCUT2D eigenvalue weighted by atomic mass is 16.5. The molecule has 0 aromatic heterocycles. The summed E-state index contributed by atoms with van der Waals surface area (Å²) in [6.45, 7) is 7.59. The van der Waals surface area contributed by atoms with E-state index >= 15 is 0 Å². The van der Waals surface area contributed by atoms with Gasteiger partial charge in [-0.25, -0.2) is 0 Å². The van der Waals surface area contributed by atoms with Crippen molar-refractivity contribution >= 4 is 0 Å². The molecule has 2 atom stereocenters. The van der Waals surface area contributed by atoms with Gasteiger partial charge in [-0.2, -0.15) is 0 Å². The van der Waals surface area contributed by atoms with Crippen molar-refractivity contribution in [3.8, 4) is 11.5 Å². The number of benzene rings is 1. The van der Waals surface area contributed by atoms with Crippen LogP contribution in [0.3, 0.4) is 0 Å². The molecule has 2 unspecified atom stereocenters. The van der Waals surface area contributed by atoms with Crippen molar-refractivity contribution < 1.29 is 9.84 Å². The second kappa shape index (κ2) is 6.95. The summed E-state index contributed by atoms with van der Waals surface area (Å²) in [7, 11) is 1.64. The standard InChI is InChI=1S/C16H26N2O2/c1-4-18-9-5-6-13(18)11-17-12(2)15-10-14(20-3)7-8-16(15)19/h7-8,10,12-13,17,19H,4-6,9,11H2,1-3H3. The minimum Gasteiger partial charge on any atom is -0.508 e. The van der Waals surface area contributed by atoms with Gasteiger partial charge in [-0.3, -0.25) is 4.90 Å². The Morgan fingerprint density at radius 1 is 1.50 bits per heavy atom. The Bertz CT molecular complexity index is 436. The molecule has 1 fully saturated rings. The first kappa shape index (κ1) is 15.1. The molecule has 1 heterocycles. The van der Waals surface area contributed by atoms with Gasteiger partial charge in [0.25, 0.3) is 0 Å². The van der Waals surface area contributed by atoms with E-state index in [9.17, 15) is 5.11 Å². The quantitative estimate of drug-likeness (QED) is 0.839. The van der Waals surface area contributed by atoms with Crippen LogP contribution in [0.2, 0.25) is 0 Å². The van der Waals surface area contributed by atoms with Crippen LogP contribution in [-0.2, 0) is 0 Å². The molecule has 0 spiro atoms. The van der Waals surface area contributed by atoms with Gasteiger partial charge in [0.05, 0.1) is 7.11 Å². The number of hydrogen-bond donors (Lipinski definition) is 2. The smallest absolute Gasteiger partial charge is 0.120 e. The third kappa shape index (κ3) is 3.44. The maximum atomic E-state index is 9.99. The van der Waals surface area contributed by atoms with Gasteiger partial charge in [-0.05, 0) is 51.1 Å². The molecule has 2 rings (SSSR count). The van der Waals surface area contributed by atoms with Gasteiger partial charge >= 0.3 is 0 Å². The fourth-order valence-corrected chi connectivity index (χ4v) is 2.97. The summed E-state index contributed by atoms with van der Waals surface area (Å²) in [5, 5.41) is 13.5. The Morgan fingerprint density at radius 3 is 3.00 bits per heavy atom. The summed E-state index contributed by atoms with van der Waals surface area (Å²) in [6, 6.07) is 6.11. The second-order valence-electron chi connectivity index (χ2n) is 5.48. The molecular formula is C16H26N2O2. The molecular weight excluding hydrogens is 252 g/mol. The predicted octanol–water partition coefficient (Wildman–Crippen LogP) is 2.54. The van der Waals surface area contributed by atoms with Crippen LogP contribution in [0.1, 0.15) is 38.3 Å². The summed E-state index contributed by atoms with van der Waals surface area (Å²) >= 11 is 0. The fourth-order valence-electron chi connectivity index (χ4n) is 2.97. The van der Waals surface area contributed by atoms with Crippen LogP contribution >= 0.6 is 0 Å². The molecule has 1 aromatic carbocycles. The summed E-state index contributed by atoms with van der Waals surface area (Å²) < 4.78 is 5.23. The maximum absolute atomic E-state index is 9.99. The van der Waals surface area contributed by atoms with Crippen molar-refractivity contribution in [1.82, 2.24) is 10.2 Å². The highest BCUT2D eigenvalue weighted by Gasteiger charge is 2.23. The third-order valence-electron chi connectivity index (χ3n) is 4.27. The van der Waals surface area contributed by atoms with Crippen molar-refractivity contribution in [3.05, 3.63) is 23.8 Å². The number of nitrogens with zero attached hydrogens (tertiary/aromatic N) is 1. The Hall–Kier alpha value is -1.26. The lowest BCUT2D eigenvalue weighted by atomic mass is 10.1. The van der Waals surface area contributed by atoms with E-state index in [1.54, 1.807) is 19.2 Å². The second-order valence-corrected chi connectivity index (χ2v) is 5.48. The van der Waals surface area contributed by atoms with Crippen molar-refractivity contribution in [2.75, 3.05) is 26.7 Å². The molecule has 0 amide bonds. The number of phenolic OH excluding ortho intramolecular Hbond substituents is 1. The van der Waals surface area contributed by atoms with E-state index < -0.39 is 0 Å². The van der Waals surface area contributed by atoms with Crippen LogP contribution in [0.5, 0.6) is 11.5 Å². The number of likely N-dealkylation sites (tertiary alicyclic amines) is 1. The van der Waals surface area contributed by atoms with Gasteiger partial charge in [0.15, 0.2) is 0 Å². The molecule has 1 saturated heterocycles. The summed E-state index contributed by atoms with van der Waals surface area (Å²) in [5.74, 6) is 1.10. The molecule has 0 saturated carbocycles. The first-order chi connectivity index (χ1) is 9.65. The van der Waals surface area contributed by atoms with Crippen LogP contribution < -0.4 is 10.1 Å². The average molecular weight is 278 g/mol. The lowest BCUT2D eigenvalue weighted by molar-refractivity contribution is 0.255. The van der Waals surface area contributed by atoms with E-state index in [4.69, 9.17) is 4.74 Å². The molecule has 2 N–H and O–H groups in total. The highest BCUT2D eigenvalue weighted by Crippen LogP contribution is 2.28.